The Bertz CT molecular complexity index is 477. The molecule has 102 valence electrons. The maximum atomic E-state index is 13.3. The molecule has 0 nitrogen and oxygen atoms in total. The lowest BCUT2D eigenvalue weighted by atomic mass is 9.86. The van der Waals surface area contributed by atoms with Crippen molar-refractivity contribution in [1.29, 1.82) is 0 Å². The molecule has 2 rings (SSSR count). The number of rotatable bonds is 1. The Morgan fingerprint density at radius 2 is 1.50 bits per heavy atom. The van der Waals surface area contributed by atoms with Crippen LogP contribution < -0.4 is 0 Å². The summed E-state index contributed by atoms with van der Waals surface area (Å²) in [6, 6.07) is 4.83. The molecule has 1 aliphatic rings. The molecule has 0 spiro atoms. The number of halogens is 4. The molecule has 0 saturated carbocycles. The third kappa shape index (κ3) is 2.37. The minimum atomic E-state index is -3.96. The second-order valence-electron chi connectivity index (χ2n) is 4.97. The number of fused-ring (bicyclic) bond motifs is 1. The zero-order chi connectivity index (χ0) is 13.8. The zero-order valence-corrected chi connectivity index (χ0v) is 11.7. The van der Waals surface area contributed by atoms with Crippen LogP contribution in [-0.4, -0.2) is 24.4 Å². The van der Waals surface area contributed by atoms with Crippen molar-refractivity contribution < 1.29 is 17.6 Å². The molecule has 0 aromatic heterocycles. The first-order chi connectivity index (χ1) is 8.03. The summed E-state index contributed by atoms with van der Waals surface area (Å²) in [6.07, 6.45) is 2.03. The summed E-state index contributed by atoms with van der Waals surface area (Å²) in [7, 11) is -1.34. The van der Waals surface area contributed by atoms with Crippen LogP contribution in [0.4, 0.5) is 17.6 Å². The van der Waals surface area contributed by atoms with Gasteiger partial charge in [0.1, 0.15) is 0 Å². The molecular formula is C12H14F4S2. The summed E-state index contributed by atoms with van der Waals surface area (Å²) in [5.74, 6) is -7.92. The van der Waals surface area contributed by atoms with Crippen LogP contribution in [0.5, 0.6) is 0 Å². The smallest absolute Gasteiger partial charge is 0.200 e. The van der Waals surface area contributed by atoms with Gasteiger partial charge in [-0.05, 0) is 40.7 Å². The van der Waals surface area contributed by atoms with Gasteiger partial charge in [-0.3, -0.25) is 0 Å². The molecular weight excluding hydrogens is 284 g/mol. The summed E-state index contributed by atoms with van der Waals surface area (Å²) >= 11 is 4.44. The van der Waals surface area contributed by atoms with Gasteiger partial charge < -0.3 is 0 Å². The summed E-state index contributed by atoms with van der Waals surface area (Å²) in [4.78, 5) is 0.839. The summed E-state index contributed by atoms with van der Waals surface area (Å²) in [5.41, 5.74) is 0.629. The number of thiol groups is 1. The Morgan fingerprint density at radius 3 is 2.00 bits per heavy atom. The lowest BCUT2D eigenvalue weighted by Gasteiger charge is -2.34. The highest BCUT2D eigenvalue weighted by atomic mass is 33.1. The maximum Gasteiger partial charge on any atom is 0.314 e. The Kier molecular flexibility index (Phi) is 3.18. The monoisotopic (exact) mass is 298 g/mol. The number of alkyl halides is 4. The summed E-state index contributed by atoms with van der Waals surface area (Å²) < 4.78 is 53.1. The van der Waals surface area contributed by atoms with E-state index in [0.29, 0.717) is 11.1 Å². The summed E-state index contributed by atoms with van der Waals surface area (Å²) in [6.45, 7) is 0. The van der Waals surface area contributed by atoms with Crippen LogP contribution in [0.1, 0.15) is 11.1 Å². The Balaban J connectivity index is 2.46. The largest absolute Gasteiger partial charge is 0.314 e. The Labute approximate surface area is 110 Å². The van der Waals surface area contributed by atoms with Crippen molar-refractivity contribution in [2.24, 2.45) is 0 Å². The SMILES string of the molecule is CS(C)(S)c1ccc2c(c1)CC(F)(F)C(F)(F)C2. The fourth-order valence-electron chi connectivity index (χ4n) is 1.99. The van der Waals surface area contributed by atoms with Crippen molar-refractivity contribution in [1.82, 2.24) is 0 Å². The normalized spacial score (nSPS) is 22.4. The predicted octanol–water partition coefficient (Wildman–Crippen LogP) is 4.32. The number of hydrogen-bond donors (Lipinski definition) is 1. The maximum absolute atomic E-state index is 13.3. The molecule has 0 atom stereocenters. The van der Waals surface area contributed by atoms with Crippen molar-refractivity contribution in [3.8, 4) is 0 Å². The van der Waals surface area contributed by atoms with Crippen molar-refractivity contribution in [3.05, 3.63) is 29.3 Å². The highest BCUT2D eigenvalue weighted by Gasteiger charge is 2.58. The van der Waals surface area contributed by atoms with Crippen LogP contribution in [0.25, 0.3) is 0 Å². The lowest BCUT2D eigenvalue weighted by molar-refractivity contribution is -0.211. The highest BCUT2D eigenvalue weighted by Crippen LogP contribution is 2.54. The van der Waals surface area contributed by atoms with Crippen LogP contribution in [-0.2, 0) is 12.8 Å². The van der Waals surface area contributed by atoms with Gasteiger partial charge in [0, 0.05) is 12.8 Å². The molecule has 0 radical (unpaired) electrons. The molecule has 18 heavy (non-hydrogen) atoms. The zero-order valence-electron chi connectivity index (χ0n) is 10.0. The number of benzene rings is 1. The predicted molar refractivity (Wildman–Crippen MR) is 70.4 cm³/mol. The van der Waals surface area contributed by atoms with Gasteiger partial charge >= 0.3 is 11.8 Å². The molecule has 0 heterocycles. The highest BCUT2D eigenvalue weighted by molar-refractivity contribution is 8.87. The second kappa shape index (κ2) is 4.07. The van der Waals surface area contributed by atoms with Crippen molar-refractivity contribution in [3.63, 3.8) is 0 Å². The minimum absolute atomic E-state index is 0.312. The van der Waals surface area contributed by atoms with E-state index in [2.05, 4.69) is 11.7 Å². The van der Waals surface area contributed by atoms with Crippen LogP contribution >= 0.6 is 20.7 Å². The third-order valence-electron chi connectivity index (χ3n) is 3.11. The molecule has 1 aliphatic carbocycles. The fraction of sp³-hybridized carbons (Fsp3) is 0.500. The average molecular weight is 298 g/mol. The quantitative estimate of drug-likeness (QED) is 0.445. The average Bonchev–Trinajstić information content (AvgIpc) is 2.16. The van der Waals surface area contributed by atoms with E-state index in [-0.39, 0.29) is 0 Å². The van der Waals surface area contributed by atoms with Crippen molar-refractivity contribution >= 4 is 20.7 Å². The van der Waals surface area contributed by atoms with E-state index in [1.807, 2.05) is 12.5 Å². The molecule has 0 saturated heterocycles. The van der Waals surface area contributed by atoms with Gasteiger partial charge in [-0.1, -0.05) is 6.07 Å². The summed E-state index contributed by atoms with van der Waals surface area (Å²) in [5, 5.41) is 0. The van der Waals surface area contributed by atoms with E-state index >= 15 is 0 Å². The van der Waals surface area contributed by atoms with E-state index in [0.717, 1.165) is 4.90 Å². The molecule has 0 N–H and O–H groups in total. The topological polar surface area (TPSA) is 0 Å². The van der Waals surface area contributed by atoms with Crippen molar-refractivity contribution in [2.75, 3.05) is 12.5 Å². The van der Waals surface area contributed by atoms with Gasteiger partial charge in [0.25, 0.3) is 0 Å². The first kappa shape index (κ1) is 14.1. The molecule has 0 aliphatic heterocycles. The number of hydrogen-bond acceptors (Lipinski definition) is 1. The van der Waals surface area contributed by atoms with Crippen LogP contribution in [0, 0.1) is 0 Å². The molecule has 0 bridgehead atoms. The molecule has 0 amide bonds. The first-order valence-corrected chi connectivity index (χ1v) is 8.86. The van der Waals surface area contributed by atoms with Gasteiger partial charge in [0.15, 0.2) is 0 Å². The van der Waals surface area contributed by atoms with Crippen LogP contribution in [0.3, 0.4) is 0 Å². The molecule has 1 aromatic rings. The second-order valence-corrected chi connectivity index (χ2v) is 10.7. The van der Waals surface area contributed by atoms with Crippen molar-refractivity contribution in [2.45, 2.75) is 29.6 Å². The van der Waals surface area contributed by atoms with E-state index < -0.39 is 33.7 Å². The van der Waals surface area contributed by atoms with Gasteiger partial charge in [0.05, 0.1) is 0 Å². The van der Waals surface area contributed by atoms with Gasteiger partial charge in [0.2, 0.25) is 0 Å². The molecule has 0 fully saturated rings. The van der Waals surface area contributed by atoms with Gasteiger partial charge in [-0.15, -0.1) is 11.7 Å². The van der Waals surface area contributed by atoms with E-state index in [9.17, 15) is 17.6 Å². The van der Waals surface area contributed by atoms with Crippen LogP contribution in [0.2, 0.25) is 0 Å². The third-order valence-corrected chi connectivity index (χ3v) is 5.15. The van der Waals surface area contributed by atoms with E-state index in [1.165, 1.54) is 6.07 Å². The first-order valence-electron chi connectivity index (χ1n) is 5.36. The van der Waals surface area contributed by atoms with Crippen LogP contribution in [0.15, 0.2) is 23.1 Å². The minimum Gasteiger partial charge on any atom is -0.200 e. The lowest BCUT2D eigenvalue weighted by Crippen LogP contribution is -2.47. The molecule has 6 heteroatoms. The molecule has 1 aromatic carbocycles. The van der Waals surface area contributed by atoms with Gasteiger partial charge in [-0.25, -0.2) is 0 Å². The van der Waals surface area contributed by atoms with E-state index in [4.69, 9.17) is 0 Å². The molecule has 0 unspecified atom stereocenters. The Hall–Kier alpha value is -0.360. The van der Waals surface area contributed by atoms with E-state index in [1.54, 1.807) is 12.1 Å². The standard InChI is InChI=1S/C12H14F4S2/c1-18(2,17)10-4-3-8-6-11(13,14)12(15,16)7-9(8)5-10/h3-5,17H,6-7H2,1-2H3. The van der Waals surface area contributed by atoms with Gasteiger partial charge in [-0.2, -0.15) is 26.6 Å². The Morgan fingerprint density at radius 1 is 1.00 bits per heavy atom. The fourth-order valence-corrected chi connectivity index (χ4v) is 3.16.